The number of ether oxygens (including phenoxy) is 1. The van der Waals surface area contributed by atoms with Gasteiger partial charge in [-0.3, -0.25) is 0 Å². The van der Waals surface area contributed by atoms with Crippen LogP contribution in [0.4, 0.5) is 17.1 Å². The van der Waals surface area contributed by atoms with Gasteiger partial charge in [-0.1, -0.05) is 17.7 Å². The van der Waals surface area contributed by atoms with Crippen molar-refractivity contribution in [3.8, 4) is 5.75 Å². The molecule has 3 nitrogen and oxygen atoms in total. The highest BCUT2D eigenvalue weighted by Crippen LogP contribution is 2.32. The molecule has 0 aromatic heterocycles. The molecule has 4 heteroatoms. The standard InChI is InChI=1S/C15H17ClN2O/c1-10(2)19-14-5-3-4-13(15(14)17)18-12-8-6-11(16)7-9-12/h3-10,18H,17H2,1-2H3. The molecule has 2 aromatic carbocycles. The van der Waals surface area contributed by atoms with Gasteiger partial charge in [-0.15, -0.1) is 0 Å². The van der Waals surface area contributed by atoms with Crippen LogP contribution in [0.15, 0.2) is 42.5 Å². The molecule has 19 heavy (non-hydrogen) atoms. The van der Waals surface area contributed by atoms with Crippen LogP contribution in [0, 0.1) is 0 Å². The van der Waals surface area contributed by atoms with E-state index < -0.39 is 0 Å². The third-order valence-corrected chi connectivity index (χ3v) is 2.80. The van der Waals surface area contributed by atoms with Gasteiger partial charge < -0.3 is 15.8 Å². The zero-order valence-corrected chi connectivity index (χ0v) is 11.7. The second-order valence-corrected chi connectivity index (χ2v) is 4.95. The van der Waals surface area contributed by atoms with Gasteiger partial charge >= 0.3 is 0 Å². The summed E-state index contributed by atoms with van der Waals surface area (Å²) in [5, 5.41) is 3.95. The van der Waals surface area contributed by atoms with E-state index in [0.29, 0.717) is 16.5 Å². The minimum atomic E-state index is 0.0908. The van der Waals surface area contributed by atoms with Crippen molar-refractivity contribution in [3.05, 3.63) is 47.5 Å². The fraction of sp³-hybridized carbons (Fsp3) is 0.200. The van der Waals surface area contributed by atoms with Crippen LogP contribution in [0.25, 0.3) is 0 Å². The quantitative estimate of drug-likeness (QED) is 0.811. The van der Waals surface area contributed by atoms with E-state index >= 15 is 0 Å². The normalized spacial score (nSPS) is 10.5. The Balaban J connectivity index is 2.23. The van der Waals surface area contributed by atoms with Gasteiger partial charge in [0.05, 0.1) is 17.5 Å². The summed E-state index contributed by atoms with van der Waals surface area (Å²) >= 11 is 5.86. The highest BCUT2D eigenvalue weighted by atomic mass is 35.5. The molecule has 3 N–H and O–H groups in total. The Morgan fingerprint density at radius 1 is 1.11 bits per heavy atom. The third-order valence-electron chi connectivity index (χ3n) is 2.55. The molecule has 2 aromatic rings. The van der Waals surface area contributed by atoms with Crippen LogP contribution in [0.5, 0.6) is 5.75 Å². The van der Waals surface area contributed by atoms with E-state index in [9.17, 15) is 0 Å². The Labute approximate surface area is 118 Å². The molecule has 100 valence electrons. The summed E-state index contributed by atoms with van der Waals surface area (Å²) in [6.07, 6.45) is 0.0908. The van der Waals surface area contributed by atoms with Gasteiger partial charge in [-0.05, 0) is 50.2 Å². The largest absolute Gasteiger partial charge is 0.489 e. The summed E-state index contributed by atoms with van der Waals surface area (Å²) in [6.45, 7) is 3.94. The van der Waals surface area contributed by atoms with E-state index in [2.05, 4.69) is 5.32 Å². The zero-order valence-electron chi connectivity index (χ0n) is 11.0. The molecule has 0 aliphatic rings. The molecule has 0 bridgehead atoms. The molecular formula is C15H17ClN2O. The van der Waals surface area contributed by atoms with Crippen LogP contribution < -0.4 is 15.8 Å². The van der Waals surface area contributed by atoms with Crippen molar-refractivity contribution in [1.29, 1.82) is 0 Å². The van der Waals surface area contributed by atoms with Gasteiger partial charge in [0, 0.05) is 10.7 Å². The highest BCUT2D eigenvalue weighted by molar-refractivity contribution is 6.30. The lowest BCUT2D eigenvalue weighted by Gasteiger charge is -2.15. The first-order chi connectivity index (χ1) is 9.06. The minimum Gasteiger partial charge on any atom is -0.489 e. The Bertz CT molecular complexity index is 553. The average molecular weight is 277 g/mol. The molecule has 0 saturated carbocycles. The van der Waals surface area contributed by atoms with Gasteiger partial charge in [-0.25, -0.2) is 0 Å². The van der Waals surface area contributed by atoms with E-state index in [0.717, 1.165) is 11.4 Å². The van der Waals surface area contributed by atoms with Crippen molar-refractivity contribution in [2.45, 2.75) is 20.0 Å². The number of hydrogen-bond acceptors (Lipinski definition) is 3. The van der Waals surface area contributed by atoms with Gasteiger partial charge in [-0.2, -0.15) is 0 Å². The first-order valence-corrected chi connectivity index (χ1v) is 6.52. The van der Waals surface area contributed by atoms with Crippen molar-refractivity contribution in [3.63, 3.8) is 0 Å². The summed E-state index contributed by atoms with van der Waals surface area (Å²) in [7, 11) is 0. The fourth-order valence-corrected chi connectivity index (χ4v) is 1.82. The average Bonchev–Trinajstić information content (AvgIpc) is 2.36. The van der Waals surface area contributed by atoms with Gasteiger partial charge in [0.1, 0.15) is 5.75 Å². The number of halogens is 1. The van der Waals surface area contributed by atoms with Gasteiger partial charge in [0.25, 0.3) is 0 Å². The molecule has 0 radical (unpaired) electrons. The van der Waals surface area contributed by atoms with E-state index in [1.54, 1.807) is 0 Å². The van der Waals surface area contributed by atoms with Crippen molar-refractivity contribution >= 4 is 28.7 Å². The Hall–Kier alpha value is -1.87. The molecule has 2 rings (SSSR count). The maximum Gasteiger partial charge on any atom is 0.144 e. The van der Waals surface area contributed by atoms with Crippen LogP contribution in [0.2, 0.25) is 5.02 Å². The molecule has 0 aliphatic carbocycles. The molecule has 0 unspecified atom stereocenters. The first-order valence-electron chi connectivity index (χ1n) is 6.14. The number of nitrogen functional groups attached to an aromatic ring is 1. The SMILES string of the molecule is CC(C)Oc1cccc(Nc2ccc(Cl)cc2)c1N. The van der Waals surface area contributed by atoms with Crippen LogP contribution in [0.3, 0.4) is 0 Å². The van der Waals surface area contributed by atoms with Gasteiger partial charge in [0.2, 0.25) is 0 Å². The molecule has 0 atom stereocenters. The second-order valence-electron chi connectivity index (χ2n) is 4.52. The molecule has 0 aliphatic heterocycles. The number of rotatable bonds is 4. The van der Waals surface area contributed by atoms with Crippen LogP contribution in [-0.2, 0) is 0 Å². The predicted molar refractivity (Wildman–Crippen MR) is 81.4 cm³/mol. The van der Waals surface area contributed by atoms with Crippen molar-refractivity contribution in [1.82, 2.24) is 0 Å². The number of anilines is 3. The zero-order chi connectivity index (χ0) is 13.8. The van der Waals surface area contributed by atoms with E-state index in [-0.39, 0.29) is 6.10 Å². The number of para-hydroxylation sites is 1. The van der Waals surface area contributed by atoms with Crippen molar-refractivity contribution < 1.29 is 4.74 Å². The van der Waals surface area contributed by atoms with Crippen LogP contribution in [-0.4, -0.2) is 6.10 Å². The lowest BCUT2D eigenvalue weighted by atomic mass is 10.2. The van der Waals surface area contributed by atoms with E-state index in [4.69, 9.17) is 22.1 Å². The predicted octanol–water partition coefficient (Wildman–Crippen LogP) is 4.45. The maximum atomic E-state index is 6.10. The van der Waals surface area contributed by atoms with E-state index in [1.165, 1.54) is 0 Å². The van der Waals surface area contributed by atoms with Crippen LogP contribution >= 0.6 is 11.6 Å². The monoisotopic (exact) mass is 276 g/mol. The lowest BCUT2D eigenvalue weighted by Crippen LogP contribution is -2.08. The molecule has 0 heterocycles. The second kappa shape index (κ2) is 5.85. The molecular weight excluding hydrogens is 260 g/mol. The summed E-state index contributed by atoms with van der Waals surface area (Å²) in [5.41, 5.74) is 8.45. The number of hydrogen-bond donors (Lipinski definition) is 2. The number of nitrogens with one attached hydrogen (secondary N) is 1. The van der Waals surface area contributed by atoms with Crippen LogP contribution in [0.1, 0.15) is 13.8 Å². The Kier molecular flexibility index (Phi) is 4.17. The lowest BCUT2D eigenvalue weighted by molar-refractivity contribution is 0.244. The summed E-state index contributed by atoms with van der Waals surface area (Å²) in [5.74, 6) is 0.689. The Morgan fingerprint density at radius 2 is 1.79 bits per heavy atom. The van der Waals surface area contributed by atoms with Gasteiger partial charge in [0.15, 0.2) is 0 Å². The maximum absolute atomic E-state index is 6.10. The topological polar surface area (TPSA) is 47.3 Å². The number of benzene rings is 2. The third kappa shape index (κ3) is 3.55. The molecule has 0 fully saturated rings. The smallest absolute Gasteiger partial charge is 0.144 e. The van der Waals surface area contributed by atoms with Crippen molar-refractivity contribution in [2.75, 3.05) is 11.1 Å². The number of nitrogens with two attached hydrogens (primary N) is 1. The summed E-state index contributed by atoms with van der Waals surface area (Å²) in [6, 6.07) is 13.1. The highest BCUT2D eigenvalue weighted by Gasteiger charge is 2.07. The molecule has 0 spiro atoms. The summed E-state index contributed by atoms with van der Waals surface area (Å²) in [4.78, 5) is 0. The van der Waals surface area contributed by atoms with Crippen molar-refractivity contribution in [2.24, 2.45) is 0 Å². The molecule has 0 amide bonds. The van der Waals surface area contributed by atoms with E-state index in [1.807, 2.05) is 56.3 Å². The Morgan fingerprint density at radius 3 is 2.42 bits per heavy atom. The minimum absolute atomic E-state index is 0.0908. The molecule has 0 saturated heterocycles. The fourth-order valence-electron chi connectivity index (χ4n) is 1.70. The first kappa shape index (κ1) is 13.6. The summed E-state index contributed by atoms with van der Waals surface area (Å²) < 4.78 is 5.66.